The summed E-state index contributed by atoms with van der Waals surface area (Å²) in [6.45, 7) is 9.11. The van der Waals surface area contributed by atoms with Gasteiger partial charge in [0.2, 0.25) is 0 Å². The maximum absolute atomic E-state index is 12.0. The van der Waals surface area contributed by atoms with Gasteiger partial charge >= 0.3 is 6.09 Å². The molecule has 0 saturated carbocycles. The van der Waals surface area contributed by atoms with Crippen LogP contribution in [-0.2, 0) is 4.74 Å². The molecule has 0 radical (unpaired) electrons. The first kappa shape index (κ1) is 16.5. The first-order valence-electron chi connectivity index (χ1n) is 6.35. The molecule has 1 amide bonds. The van der Waals surface area contributed by atoms with Gasteiger partial charge in [0.05, 0.1) is 17.2 Å². The third-order valence-corrected chi connectivity index (χ3v) is 2.27. The maximum atomic E-state index is 12.0. The van der Waals surface area contributed by atoms with E-state index in [2.05, 4.69) is 12.0 Å². The van der Waals surface area contributed by atoms with E-state index in [1.165, 1.54) is 29.3 Å². The van der Waals surface area contributed by atoms with Gasteiger partial charge in [-0.25, -0.2) is 9.80 Å². The van der Waals surface area contributed by atoms with Crippen molar-refractivity contribution in [2.45, 2.75) is 26.4 Å². The molecule has 0 heterocycles. The zero-order valence-electron chi connectivity index (χ0n) is 12.3. The number of carbonyl (C=O) groups is 1. The summed E-state index contributed by atoms with van der Waals surface area (Å²) >= 11 is 0. The predicted molar refractivity (Wildman–Crippen MR) is 79.9 cm³/mol. The van der Waals surface area contributed by atoms with Gasteiger partial charge in [-0.2, -0.15) is 0 Å². The second-order valence-electron chi connectivity index (χ2n) is 5.30. The van der Waals surface area contributed by atoms with Crippen LogP contribution < -0.4 is 5.43 Å². The summed E-state index contributed by atoms with van der Waals surface area (Å²) < 4.78 is 5.26. The minimum absolute atomic E-state index is 0.0203. The highest BCUT2D eigenvalue weighted by Gasteiger charge is 2.21. The molecular formula is C14H19N3O4. The number of anilines is 1. The number of hydrazine groups is 1. The molecule has 0 saturated heterocycles. The Balaban J connectivity index is 2.80. The first-order chi connectivity index (χ1) is 9.73. The summed E-state index contributed by atoms with van der Waals surface area (Å²) in [5.41, 5.74) is 2.73. The molecule has 1 aromatic carbocycles. The number of hydrogen-bond acceptors (Lipinski definition) is 5. The van der Waals surface area contributed by atoms with Crippen molar-refractivity contribution in [1.29, 1.82) is 0 Å². The zero-order chi connectivity index (χ0) is 16.0. The monoisotopic (exact) mass is 293 g/mol. The van der Waals surface area contributed by atoms with Crippen LogP contribution in [0.5, 0.6) is 0 Å². The van der Waals surface area contributed by atoms with E-state index < -0.39 is 16.6 Å². The summed E-state index contributed by atoms with van der Waals surface area (Å²) in [6, 6.07) is 5.73. The van der Waals surface area contributed by atoms with Crippen molar-refractivity contribution in [2.24, 2.45) is 0 Å². The lowest BCUT2D eigenvalue weighted by Gasteiger charge is -2.27. The third-order valence-electron chi connectivity index (χ3n) is 2.27. The van der Waals surface area contributed by atoms with Gasteiger partial charge in [-0.1, -0.05) is 6.08 Å². The largest absolute Gasteiger partial charge is 0.442 e. The molecule has 0 bridgehead atoms. The van der Waals surface area contributed by atoms with Gasteiger partial charge in [0.1, 0.15) is 5.60 Å². The van der Waals surface area contributed by atoms with E-state index in [-0.39, 0.29) is 12.2 Å². The molecule has 0 aliphatic heterocycles. The highest BCUT2D eigenvalue weighted by atomic mass is 16.6. The minimum Gasteiger partial charge on any atom is -0.442 e. The lowest BCUT2D eigenvalue weighted by atomic mass is 10.2. The number of amides is 1. The Hall–Kier alpha value is -2.57. The molecule has 7 heteroatoms. The van der Waals surface area contributed by atoms with E-state index in [0.29, 0.717) is 5.69 Å². The Kier molecular flexibility index (Phi) is 5.29. The van der Waals surface area contributed by atoms with Crippen LogP contribution in [0.1, 0.15) is 20.8 Å². The Labute approximate surface area is 123 Å². The summed E-state index contributed by atoms with van der Waals surface area (Å²) in [5, 5.41) is 11.8. The summed E-state index contributed by atoms with van der Waals surface area (Å²) in [4.78, 5) is 22.1. The molecule has 0 fully saturated rings. The summed E-state index contributed by atoms with van der Waals surface area (Å²) in [5.74, 6) is 0. The Morgan fingerprint density at radius 3 is 2.43 bits per heavy atom. The van der Waals surface area contributed by atoms with Crippen LogP contribution in [0.2, 0.25) is 0 Å². The highest BCUT2D eigenvalue weighted by Crippen LogP contribution is 2.17. The van der Waals surface area contributed by atoms with Gasteiger partial charge in [0.15, 0.2) is 0 Å². The standard InChI is InChI=1S/C14H19N3O4/c1-5-10-16(13(18)21-14(2,3)4)15-11-6-8-12(9-7-11)17(19)20/h5-9,15H,1,10H2,2-4H3. The number of hydrogen-bond donors (Lipinski definition) is 1. The van der Waals surface area contributed by atoms with Crippen LogP contribution in [-0.4, -0.2) is 28.2 Å². The van der Waals surface area contributed by atoms with Crippen LogP contribution in [0.3, 0.4) is 0 Å². The van der Waals surface area contributed by atoms with E-state index in [1.54, 1.807) is 26.8 Å². The number of benzene rings is 1. The first-order valence-corrected chi connectivity index (χ1v) is 6.35. The molecule has 1 rings (SSSR count). The van der Waals surface area contributed by atoms with E-state index in [0.717, 1.165) is 0 Å². The second-order valence-corrected chi connectivity index (χ2v) is 5.30. The average molecular weight is 293 g/mol. The smallest absolute Gasteiger partial charge is 0.429 e. The van der Waals surface area contributed by atoms with Crippen LogP contribution in [0.25, 0.3) is 0 Å². The molecular weight excluding hydrogens is 274 g/mol. The molecule has 1 aromatic rings. The number of nitro benzene ring substituents is 1. The number of nitrogens with one attached hydrogen (secondary N) is 1. The van der Waals surface area contributed by atoms with Crippen molar-refractivity contribution in [3.63, 3.8) is 0 Å². The van der Waals surface area contributed by atoms with Crippen molar-refractivity contribution in [3.8, 4) is 0 Å². The molecule has 0 aliphatic rings. The van der Waals surface area contributed by atoms with Crippen LogP contribution in [0, 0.1) is 10.1 Å². The van der Waals surface area contributed by atoms with E-state index >= 15 is 0 Å². The lowest BCUT2D eigenvalue weighted by molar-refractivity contribution is -0.384. The normalized spacial score (nSPS) is 10.6. The number of carbonyl (C=O) groups excluding carboxylic acids is 1. The number of ether oxygens (including phenoxy) is 1. The average Bonchev–Trinajstić information content (AvgIpc) is 2.36. The molecule has 0 unspecified atom stereocenters. The predicted octanol–water partition coefficient (Wildman–Crippen LogP) is 3.34. The molecule has 1 N–H and O–H groups in total. The Morgan fingerprint density at radius 1 is 1.43 bits per heavy atom. The van der Waals surface area contributed by atoms with Gasteiger partial charge in [0, 0.05) is 12.1 Å². The fourth-order valence-corrected chi connectivity index (χ4v) is 1.43. The molecule has 0 spiro atoms. The molecule has 21 heavy (non-hydrogen) atoms. The van der Waals surface area contributed by atoms with Crippen LogP contribution in [0.15, 0.2) is 36.9 Å². The van der Waals surface area contributed by atoms with Gasteiger partial charge in [-0.15, -0.1) is 6.58 Å². The van der Waals surface area contributed by atoms with Crippen LogP contribution in [0.4, 0.5) is 16.2 Å². The Bertz CT molecular complexity index is 520. The fourth-order valence-electron chi connectivity index (χ4n) is 1.43. The van der Waals surface area contributed by atoms with Crippen molar-refractivity contribution < 1.29 is 14.5 Å². The molecule has 7 nitrogen and oxygen atoms in total. The number of rotatable bonds is 5. The van der Waals surface area contributed by atoms with Crippen molar-refractivity contribution in [1.82, 2.24) is 5.01 Å². The molecule has 0 atom stereocenters. The van der Waals surface area contributed by atoms with Crippen molar-refractivity contribution in [2.75, 3.05) is 12.0 Å². The Morgan fingerprint density at radius 2 is 2.00 bits per heavy atom. The molecule has 0 aromatic heterocycles. The minimum atomic E-state index is -0.617. The summed E-state index contributed by atoms with van der Waals surface area (Å²) in [7, 11) is 0. The highest BCUT2D eigenvalue weighted by molar-refractivity contribution is 5.70. The van der Waals surface area contributed by atoms with Crippen molar-refractivity contribution >= 4 is 17.5 Å². The van der Waals surface area contributed by atoms with Crippen molar-refractivity contribution in [3.05, 3.63) is 47.0 Å². The second kappa shape index (κ2) is 6.74. The molecule has 0 aliphatic carbocycles. The van der Waals surface area contributed by atoms with Gasteiger partial charge < -0.3 is 4.74 Å². The maximum Gasteiger partial charge on any atom is 0.429 e. The van der Waals surface area contributed by atoms with Gasteiger partial charge in [0.25, 0.3) is 5.69 Å². The number of nitrogens with zero attached hydrogens (tertiary/aromatic N) is 2. The third kappa shape index (κ3) is 5.52. The molecule has 114 valence electrons. The topological polar surface area (TPSA) is 84.7 Å². The summed E-state index contributed by atoms with van der Waals surface area (Å²) in [6.07, 6.45) is 0.989. The van der Waals surface area contributed by atoms with E-state index in [9.17, 15) is 14.9 Å². The number of non-ortho nitro benzene ring substituents is 1. The fraction of sp³-hybridized carbons (Fsp3) is 0.357. The van der Waals surface area contributed by atoms with E-state index in [4.69, 9.17) is 4.74 Å². The SMILES string of the molecule is C=CCN(Nc1ccc([N+](=O)[O-])cc1)C(=O)OC(C)(C)C. The van der Waals surface area contributed by atoms with Crippen LogP contribution >= 0.6 is 0 Å². The van der Waals surface area contributed by atoms with Gasteiger partial charge in [-0.05, 0) is 32.9 Å². The van der Waals surface area contributed by atoms with E-state index in [1.807, 2.05) is 0 Å². The quantitative estimate of drug-likeness (QED) is 0.511. The zero-order valence-corrected chi connectivity index (χ0v) is 12.3. The van der Waals surface area contributed by atoms with Gasteiger partial charge in [-0.3, -0.25) is 15.5 Å². The lowest BCUT2D eigenvalue weighted by Crippen LogP contribution is -2.40. The number of nitro groups is 1.